The van der Waals surface area contributed by atoms with Crippen molar-refractivity contribution in [2.45, 2.75) is 37.5 Å². The van der Waals surface area contributed by atoms with E-state index in [2.05, 4.69) is 22.9 Å². The van der Waals surface area contributed by atoms with Crippen LogP contribution in [0.5, 0.6) is 0 Å². The molecular formula is C14H15ClS2. The second kappa shape index (κ2) is 5.13. The Kier molecular flexibility index (Phi) is 3.55. The Balaban J connectivity index is 1.77. The van der Waals surface area contributed by atoms with Crippen LogP contribution in [0.4, 0.5) is 0 Å². The molecule has 0 saturated carbocycles. The molecular weight excluding hydrogens is 268 g/mol. The second-order valence-electron chi connectivity index (χ2n) is 4.61. The third kappa shape index (κ3) is 2.59. The van der Waals surface area contributed by atoms with Gasteiger partial charge in [-0.25, -0.2) is 0 Å². The Morgan fingerprint density at radius 2 is 2.18 bits per heavy atom. The summed E-state index contributed by atoms with van der Waals surface area (Å²) < 4.78 is 0. The monoisotopic (exact) mass is 282 g/mol. The quantitative estimate of drug-likeness (QED) is 0.678. The molecule has 0 amide bonds. The Morgan fingerprint density at radius 3 is 2.94 bits per heavy atom. The summed E-state index contributed by atoms with van der Waals surface area (Å²) in [5.74, 6) is 0. The van der Waals surface area contributed by atoms with E-state index in [0.717, 1.165) is 6.42 Å². The Hall–Kier alpha value is -0.310. The topological polar surface area (TPSA) is 0 Å². The van der Waals surface area contributed by atoms with Crippen LogP contribution < -0.4 is 0 Å². The molecule has 0 saturated heterocycles. The van der Waals surface area contributed by atoms with Crippen molar-refractivity contribution in [1.82, 2.24) is 0 Å². The number of alkyl halides is 1. The SMILES string of the molecule is ClC(Cc1ccsc1)c1cc2c(s1)CCCC2. The molecule has 0 radical (unpaired) electrons. The van der Waals surface area contributed by atoms with Crippen molar-refractivity contribution in [2.24, 2.45) is 0 Å². The van der Waals surface area contributed by atoms with E-state index in [4.69, 9.17) is 11.6 Å². The molecule has 0 nitrogen and oxygen atoms in total. The standard InChI is InChI=1S/C14H15ClS2/c15-12(7-10-5-6-16-9-10)14-8-11-3-1-2-4-13(11)17-14/h5-6,8-9,12H,1-4,7H2. The highest BCUT2D eigenvalue weighted by Gasteiger charge is 2.18. The highest BCUT2D eigenvalue weighted by molar-refractivity contribution is 7.12. The van der Waals surface area contributed by atoms with Gasteiger partial charge in [-0.05, 0) is 66.1 Å². The lowest BCUT2D eigenvalue weighted by Crippen LogP contribution is -1.96. The first kappa shape index (κ1) is 11.8. The van der Waals surface area contributed by atoms with Gasteiger partial charge in [-0.3, -0.25) is 0 Å². The maximum absolute atomic E-state index is 6.53. The number of thiophene rings is 2. The maximum Gasteiger partial charge on any atom is 0.0719 e. The lowest BCUT2D eigenvalue weighted by atomic mass is 9.99. The Labute approximate surface area is 115 Å². The first-order valence-corrected chi connectivity index (χ1v) is 8.29. The number of hydrogen-bond acceptors (Lipinski definition) is 2. The zero-order valence-electron chi connectivity index (χ0n) is 9.62. The second-order valence-corrected chi connectivity index (χ2v) is 7.08. The minimum Gasteiger partial charge on any atom is -0.152 e. The lowest BCUT2D eigenvalue weighted by Gasteiger charge is -2.08. The van der Waals surface area contributed by atoms with E-state index in [-0.39, 0.29) is 5.38 Å². The van der Waals surface area contributed by atoms with Gasteiger partial charge in [0.05, 0.1) is 5.38 Å². The van der Waals surface area contributed by atoms with E-state index in [1.54, 1.807) is 21.8 Å². The van der Waals surface area contributed by atoms with Crippen LogP contribution >= 0.6 is 34.3 Å². The molecule has 0 aromatic carbocycles. The molecule has 0 bridgehead atoms. The minimum absolute atomic E-state index is 0.153. The molecule has 17 heavy (non-hydrogen) atoms. The summed E-state index contributed by atoms with van der Waals surface area (Å²) in [7, 11) is 0. The molecule has 0 aliphatic heterocycles. The summed E-state index contributed by atoms with van der Waals surface area (Å²) in [4.78, 5) is 2.95. The maximum atomic E-state index is 6.53. The Bertz CT molecular complexity index is 461. The number of hydrogen-bond donors (Lipinski definition) is 0. The van der Waals surface area contributed by atoms with Crippen molar-refractivity contribution in [3.63, 3.8) is 0 Å². The number of rotatable bonds is 3. The van der Waals surface area contributed by atoms with Gasteiger partial charge in [0.1, 0.15) is 0 Å². The first-order chi connectivity index (χ1) is 8.33. The largest absolute Gasteiger partial charge is 0.152 e. The van der Waals surface area contributed by atoms with Crippen LogP contribution in [0.25, 0.3) is 0 Å². The summed E-state index contributed by atoms with van der Waals surface area (Å²) in [5, 5.41) is 4.47. The van der Waals surface area contributed by atoms with Crippen LogP contribution in [0.2, 0.25) is 0 Å². The van der Waals surface area contributed by atoms with Crippen molar-refractivity contribution in [2.75, 3.05) is 0 Å². The minimum atomic E-state index is 0.153. The van der Waals surface area contributed by atoms with Gasteiger partial charge in [0.2, 0.25) is 0 Å². The van der Waals surface area contributed by atoms with Gasteiger partial charge in [0.25, 0.3) is 0 Å². The smallest absolute Gasteiger partial charge is 0.0719 e. The average molecular weight is 283 g/mol. The van der Waals surface area contributed by atoms with E-state index >= 15 is 0 Å². The number of fused-ring (bicyclic) bond motifs is 1. The van der Waals surface area contributed by atoms with Gasteiger partial charge in [0.15, 0.2) is 0 Å². The van der Waals surface area contributed by atoms with E-state index < -0.39 is 0 Å². The van der Waals surface area contributed by atoms with Gasteiger partial charge in [-0.15, -0.1) is 22.9 Å². The van der Waals surface area contributed by atoms with Crippen molar-refractivity contribution in [3.05, 3.63) is 43.8 Å². The van der Waals surface area contributed by atoms with Gasteiger partial charge < -0.3 is 0 Å². The van der Waals surface area contributed by atoms with Crippen molar-refractivity contribution in [3.8, 4) is 0 Å². The molecule has 2 aromatic rings. The molecule has 0 fully saturated rings. The molecule has 3 heteroatoms. The van der Waals surface area contributed by atoms with Crippen molar-refractivity contribution >= 4 is 34.3 Å². The molecule has 3 rings (SSSR count). The zero-order chi connectivity index (χ0) is 11.7. The van der Waals surface area contributed by atoms with Gasteiger partial charge >= 0.3 is 0 Å². The van der Waals surface area contributed by atoms with Crippen molar-refractivity contribution in [1.29, 1.82) is 0 Å². The lowest BCUT2D eigenvalue weighted by molar-refractivity contribution is 0.697. The van der Waals surface area contributed by atoms with Crippen LogP contribution in [0.3, 0.4) is 0 Å². The average Bonchev–Trinajstić information content (AvgIpc) is 2.96. The van der Waals surface area contributed by atoms with E-state index in [9.17, 15) is 0 Å². The van der Waals surface area contributed by atoms with Crippen LogP contribution in [0, 0.1) is 0 Å². The summed E-state index contributed by atoms with van der Waals surface area (Å²) in [6, 6.07) is 4.52. The van der Waals surface area contributed by atoms with E-state index in [1.165, 1.54) is 36.1 Å². The number of aryl methyl sites for hydroxylation is 2. The van der Waals surface area contributed by atoms with Crippen LogP contribution in [-0.4, -0.2) is 0 Å². The highest BCUT2D eigenvalue weighted by Crippen LogP contribution is 2.36. The molecule has 1 aliphatic carbocycles. The molecule has 2 aromatic heterocycles. The normalized spacial score (nSPS) is 16.8. The summed E-state index contributed by atoms with van der Waals surface area (Å²) in [5.41, 5.74) is 2.92. The molecule has 0 spiro atoms. The fraction of sp³-hybridized carbons (Fsp3) is 0.429. The van der Waals surface area contributed by atoms with E-state index in [1.807, 2.05) is 11.3 Å². The van der Waals surface area contributed by atoms with E-state index in [0.29, 0.717) is 0 Å². The van der Waals surface area contributed by atoms with Crippen LogP contribution in [-0.2, 0) is 19.3 Å². The van der Waals surface area contributed by atoms with Crippen LogP contribution in [0.15, 0.2) is 22.9 Å². The third-order valence-electron chi connectivity index (χ3n) is 3.32. The first-order valence-electron chi connectivity index (χ1n) is 6.09. The van der Waals surface area contributed by atoms with Crippen molar-refractivity contribution < 1.29 is 0 Å². The predicted molar refractivity (Wildman–Crippen MR) is 77.6 cm³/mol. The highest BCUT2D eigenvalue weighted by atomic mass is 35.5. The molecule has 0 N–H and O–H groups in total. The van der Waals surface area contributed by atoms with Gasteiger partial charge in [0, 0.05) is 9.75 Å². The summed E-state index contributed by atoms with van der Waals surface area (Å²) in [6.45, 7) is 0. The third-order valence-corrected chi connectivity index (χ3v) is 5.92. The molecule has 2 heterocycles. The number of halogens is 1. The molecule has 90 valence electrons. The summed E-state index contributed by atoms with van der Waals surface area (Å²) >= 11 is 10.2. The fourth-order valence-electron chi connectivity index (χ4n) is 2.38. The van der Waals surface area contributed by atoms with Gasteiger partial charge in [-0.2, -0.15) is 11.3 Å². The van der Waals surface area contributed by atoms with Gasteiger partial charge in [-0.1, -0.05) is 0 Å². The zero-order valence-corrected chi connectivity index (χ0v) is 12.0. The molecule has 1 unspecified atom stereocenters. The molecule has 1 atom stereocenters. The molecule has 1 aliphatic rings. The fourth-order valence-corrected chi connectivity index (χ4v) is 4.68. The Morgan fingerprint density at radius 1 is 1.29 bits per heavy atom. The predicted octanol–water partition coefficient (Wildman–Crippen LogP) is 5.21. The summed E-state index contributed by atoms with van der Waals surface area (Å²) in [6.07, 6.45) is 6.19. The van der Waals surface area contributed by atoms with Crippen LogP contribution in [0.1, 0.15) is 39.1 Å².